The van der Waals surface area contributed by atoms with Gasteiger partial charge in [-0.3, -0.25) is 0 Å². The molecule has 0 saturated carbocycles. The van der Waals surface area contributed by atoms with Crippen LogP contribution in [0.2, 0.25) is 5.02 Å². The topological polar surface area (TPSA) is 35.2 Å². The van der Waals surface area contributed by atoms with Crippen LogP contribution in [0.15, 0.2) is 45.3 Å². The van der Waals surface area contributed by atoms with Crippen molar-refractivity contribution in [1.29, 1.82) is 0 Å². The second kappa shape index (κ2) is 6.27. The fraction of sp³-hybridized carbons (Fsp3) is 0.143. The first kappa shape index (κ1) is 14.9. The zero-order chi connectivity index (χ0) is 14.0. The van der Waals surface area contributed by atoms with E-state index in [0.29, 0.717) is 5.02 Å². The molecule has 100 valence electrons. The lowest BCUT2D eigenvalue weighted by molar-refractivity contribution is 0.412. The Morgan fingerprint density at radius 3 is 2.53 bits per heavy atom. The molecule has 0 saturated heterocycles. The van der Waals surface area contributed by atoms with Crippen LogP contribution in [-0.4, -0.2) is 7.11 Å². The standard InChI is InChI=1S/C14H12Br2ClNO/c1-19-12-6-5-8(7-11(12)16)14(18)9-3-2-4-10(15)13(9)17/h2-7,14H,18H2,1H3. The molecule has 1 atom stereocenters. The van der Waals surface area contributed by atoms with Gasteiger partial charge in [0.25, 0.3) is 0 Å². The maximum Gasteiger partial charge on any atom is 0.133 e. The summed E-state index contributed by atoms with van der Waals surface area (Å²) < 4.78 is 6.92. The van der Waals surface area contributed by atoms with Crippen LogP contribution in [0.5, 0.6) is 5.75 Å². The van der Waals surface area contributed by atoms with Crippen molar-refractivity contribution in [3.8, 4) is 5.75 Å². The third kappa shape index (κ3) is 3.14. The molecule has 0 aliphatic carbocycles. The Morgan fingerprint density at radius 2 is 1.89 bits per heavy atom. The van der Waals surface area contributed by atoms with Crippen LogP contribution in [0.25, 0.3) is 0 Å². The van der Waals surface area contributed by atoms with E-state index >= 15 is 0 Å². The number of rotatable bonds is 3. The number of hydrogen-bond donors (Lipinski definition) is 1. The number of ether oxygens (including phenoxy) is 1. The maximum atomic E-state index is 6.28. The van der Waals surface area contributed by atoms with Gasteiger partial charge in [-0.25, -0.2) is 0 Å². The van der Waals surface area contributed by atoms with E-state index in [1.807, 2.05) is 36.4 Å². The molecule has 0 aromatic heterocycles. The minimum absolute atomic E-state index is 0.285. The molecule has 2 rings (SSSR count). The normalized spacial score (nSPS) is 12.3. The minimum atomic E-state index is -0.285. The number of benzene rings is 2. The lowest BCUT2D eigenvalue weighted by Crippen LogP contribution is -2.12. The smallest absolute Gasteiger partial charge is 0.133 e. The van der Waals surface area contributed by atoms with Gasteiger partial charge in [0, 0.05) is 4.47 Å². The van der Waals surface area contributed by atoms with Crippen molar-refractivity contribution in [2.45, 2.75) is 6.04 Å². The van der Waals surface area contributed by atoms with Gasteiger partial charge in [-0.15, -0.1) is 0 Å². The summed E-state index contributed by atoms with van der Waals surface area (Å²) in [6.07, 6.45) is 0. The maximum absolute atomic E-state index is 6.28. The van der Waals surface area contributed by atoms with E-state index in [1.54, 1.807) is 7.11 Å². The molecule has 0 aliphatic rings. The van der Waals surface area contributed by atoms with Crippen molar-refractivity contribution >= 4 is 43.5 Å². The largest absolute Gasteiger partial charge is 0.496 e. The van der Waals surface area contributed by atoms with Gasteiger partial charge in [-0.05, 0) is 61.2 Å². The first-order chi connectivity index (χ1) is 9.04. The van der Waals surface area contributed by atoms with E-state index in [4.69, 9.17) is 22.1 Å². The SMILES string of the molecule is COc1ccc(C(N)c2cccc(Br)c2Cl)cc1Br. The predicted molar refractivity (Wildman–Crippen MR) is 85.9 cm³/mol. The van der Waals surface area contributed by atoms with E-state index in [-0.39, 0.29) is 6.04 Å². The highest BCUT2D eigenvalue weighted by molar-refractivity contribution is 9.10. The first-order valence-electron chi connectivity index (χ1n) is 5.57. The van der Waals surface area contributed by atoms with Gasteiger partial charge in [-0.2, -0.15) is 0 Å². The van der Waals surface area contributed by atoms with Gasteiger partial charge in [0.05, 0.1) is 22.6 Å². The number of hydrogen-bond acceptors (Lipinski definition) is 2. The van der Waals surface area contributed by atoms with Gasteiger partial charge in [0.2, 0.25) is 0 Å². The molecule has 0 spiro atoms. The fourth-order valence-electron chi connectivity index (χ4n) is 1.82. The predicted octanol–water partition coefficient (Wildman–Crippen LogP) is 4.92. The zero-order valence-electron chi connectivity index (χ0n) is 10.2. The molecule has 0 radical (unpaired) electrons. The van der Waals surface area contributed by atoms with Gasteiger partial charge >= 0.3 is 0 Å². The highest BCUT2D eigenvalue weighted by Crippen LogP contribution is 2.34. The Bertz CT molecular complexity index is 604. The Hall–Kier alpha value is -0.550. The molecule has 19 heavy (non-hydrogen) atoms. The summed E-state index contributed by atoms with van der Waals surface area (Å²) in [6, 6.07) is 11.2. The Morgan fingerprint density at radius 1 is 1.16 bits per heavy atom. The molecule has 2 nitrogen and oxygen atoms in total. The monoisotopic (exact) mass is 403 g/mol. The molecule has 0 fully saturated rings. The van der Waals surface area contributed by atoms with E-state index in [2.05, 4.69) is 31.9 Å². The van der Waals surface area contributed by atoms with Crippen molar-refractivity contribution < 1.29 is 4.74 Å². The quantitative estimate of drug-likeness (QED) is 0.787. The lowest BCUT2D eigenvalue weighted by atomic mass is 9.99. The van der Waals surface area contributed by atoms with Crippen molar-refractivity contribution in [1.82, 2.24) is 0 Å². The number of nitrogens with two attached hydrogens (primary N) is 1. The van der Waals surface area contributed by atoms with Crippen molar-refractivity contribution in [2.24, 2.45) is 5.73 Å². The molecule has 2 N–H and O–H groups in total. The van der Waals surface area contributed by atoms with Crippen LogP contribution in [0.3, 0.4) is 0 Å². The van der Waals surface area contributed by atoms with Crippen LogP contribution in [0.4, 0.5) is 0 Å². The highest BCUT2D eigenvalue weighted by atomic mass is 79.9. The Labute approximate surface area is 134 Å². The summed E-state index contributed by atoms with van der Waals surface area (Å²) in [7, 11) is 1.63. The molecule has 5 heteroatoms. The second-order valence-corrected chi connectivity index (χ2v) is 6.10. The number of halogens is 3. The average Bonchev–Trinajstić information content (AvgIpc) is 2.41. The summed E-state index contributed by atoms with van der Waals surface area (Å²) in [5, 5.41) is 0.641. The molecular formula is C14H12Br2ClNO. The molecule has 0 bridgehead atoms. The molecule has 2 aromatic rings. The Balaban J connectivity index is 2.41. The van der Waals surface area contributed by atoms with E-state index in [0.717, 1.165) is 25.8 Å². The van der Waals surface area contributed by atoms with Crippen LogP contribution >= 0.6 is 43.5 Å². The third-order valence-corrected chi connectivity index (χ3v) is 4.78. The van der Waals surface area contributed by atoms with E-state index in [1.165, 1.54) is 0 Å². The molecule has 2 aromatic carbocycles. The highest BCUT2D eigenvalue weighted by Gasteiger charge is 2.15. The molecular weight excluding hydrogens is 393 g/mol. The second-order valence-electron chi connectivity index (χ2n) is 4.01. The summed E-state index contributed by atoms with van der Waals surface area (Å²) in [5.74, 6) is 0.774. The third-order valence-electron chi connectivity index (χ3n) is 2.85. The summed E-state index contributed by atoms with van der Waals surface area (Å²) >= 11 is 13.1. The van der Waals surface area contributed by atoms with E-state index < -0.39 is 0 Å². The molecule has 0 heterocycles. The minimum Gasteiger partial charge on any atom is -0.496 e. The average molecular weight is 406 g/mol. The van der Waals surface area contributed by atoms with Crippen molar-refractivity contribution in [3.63, 3.8) is 0 Å². The number of methoxy groups -OCH3 is 1. The van der Waals surface area contributed by atoms with Gasteiger partial charge in [-0.1, -0.05) is 29.8 Å². The fourth-order valence-corrected chi connectivity index (χ4v) is 3.00. The lowest BCUT2D eigenvalue weighted by Gasteiger charge is -2.16. The van der Waals surface area contributed by atoms with Gasteiger partial charge in [0.1, 0.15) is 5.75 Å². The molecule has 1 unspecified atom stereocenters. The van der Waals surface area contributed by atoms with Crippen LogP contribution in [0, 0.1) is 0 Å². The van der Waals surface area contributed by atoms with Gasteiger partial charge < -0.3 is 10.5 Å². The molecule has 0 amide bonds. The molecule has 0 aliphatic heterocycles. The van der Waals surface area contributed by atoms with Crippen LogP contribution in [0.1, 0.15) is 17.2 Å². The van der Waals surface area contributed by atoms with Crippen LogP contribution < -0.4 is 10.5 Å². The van der Waals surface area contributed by atoms with Crippen LogP contribution in [-0.2, 0) is 0 Å². The Kier molecular flexibility index (Phi) is 4.90. The zero-order valence-corrected chi connectivity index (χ0v) is 14.1. The first-order valence-corrected chi connectivity index (χ1v) is 7.54. The van der Waals surface area contributed by atoms with Crippen molar-refractivity contribution in [2.75, 3.05) is 7.11 Å². The van der Waals surface area contributed by atoms with Gasteiger partial charge in [0.15, 0.2) is 0 Å². The van der Waals surface area contributed by atoms with E-state index in [9.17, 15) is 0 Å². The summed E-state index contributed by atoms with van der Waals surface area (Å²) in [6.45, 7) is 0. The van der Waals surface area contributed by atoms with Crippen molar-refractivity contribution in [3.05, 3.63) is 61.5 Å². The summed E-state index contributed by atoms with van der Waals surface area (Å²) in [4.78, 5) is 0. The summed E-state index contributed by atoms with van der Waals surface area (Å²) in [5.41, 5.74) is 8.13.